The molecule has 2 aliphatic rings. The quantitative estimate of drug-likeness (QED) is 0.818. The Kier molecular flexibility index (Phi) is 3.92. The van der Waals surface area contributed by atoms with Crippen LogP contribution in [0, 0.1) is 0 Å². The van der Waals surface area contributed by atoms with Gasteiger partial charge in [0, 0.05) is 45.1 Å². The van der Waals surface area contributed by atoms with E-state index in [1.807, 2.05) is 6.08 Å². The lowest BCUT2D eigenvalue weighted by atomic mass is 9.89. The van der Waals surface area contributed by atoms with E-state index in [1.165, 1.54) is 12.5 Å². The molecule has 0 aromatic heterocycles. The summed E-state index contributed by atoms with van der Waals surface area (Å²) >= 11 is 0. The topological polar surface area (TPSA) is 58.7 Å². The number of carbonyl (C=O) groups is 1. The van der Waals surface area contributed by atoms with Gasteiger partial charge in [-0.2, -0.15) is 0 Å². The number of hydrogen-bond acceptors (Lipinski definition) is 4. The first-order chi connectivity index (χ1) is 8.49. The van der Waals surface area contributed by atoms with Gasteiger partial charge in [-0.05, 0) is 13.0 Å². The first-order valence-corrected chi connectivity index (χ1v) is 6.39. The van der Waals surface area contributed by atoms with Crippen LogP contribution in [-0.2, 0) is 4.79 Å². The van der Waals surface area contributed by atoms with Gasteiger partial charge in [-0.25, -0.2) is 4.39 Å². The fourth-order valence-electron chi connectivity index (χ4n) is 2.47. The van der Waals surface area contributed by atoms with E-state index >= 15 is 0 Å². The number of allylic oxidation sites excluding steroid dienone is 1. The molecule has 0 radical (unpaired) electrons. The van der Waals surface area contributed by atoms with Crippen molar-refractivity contribution < 1.29 is 9.18 Å². The number of alkyl halides is 1. The summed E-state index contributed by atoms with van der Waals surface area (Å²) in [6.45, 7) is 3.39. The van der Waals surface area contributed by atoms with Crippen LogP contribution in [0.5, 0.6) is 0 Å². The predicted octanol–water partition coefficient (Wildman–Crippen LogP) is 1.07. The minimum absolute atomic E-state index is 0.146. The molecule has 0 spiro atoms. The summed E-state index contributed by atoms with van der Waals surface area (Å²) in [7, 11) is 0. The van der Waals surface area contributed by atoms with Crippen LogP contribution in [-0.4, -0.2) is 48.4 Å². The maximum absolute atomic E-state index is 14.1. The fraction of sp³-hybridized carbons (Fsp3) is 0.692. The van der Waals surface area contributed by atoms with E-state index in [4.69, 9.17) is 5.73 Å². The molecule has 18 heavy (non-hydrogen) atoms. The number of nitrogens with two attached hydrogens (primary N) is 1. The second-order valence-electron chi connectivity index (χ2n) is 5.19. The van der Waals surface area contributed by atoms with Gasteiger partial charge in [0.1, 0.15) is 6.17 Å². The molecule has 1 unspecified atom stereocenters. The first kappa shape index (κ1) is 13.4. The van der Waals surface area contributed by atoms with E-state index in [0.717, 1.165) is 13.0 Å². The number of nitrogens with zero attached hydrogens (tertiary/aromatic N) is 2. The van der Waals surface area contributed by atoms with Crippen molar-refractivity contribution in [3.05, 3.63) is 11.6 Å². The number of Topliss-reactive ketones (excluding diaryl/α,β-unsaturated/α-hetero) is 1. The highest BCUT2D eigenvalue weighted by Crippen LogP contribution is 2.28. The van der Waals surface area contributed by atoms with Crippen molar-refractivity contribution in [3.8, 4) is 0 Å². The van der Waals surface area contributed by atoms with Gasteiger partial charge in [-0.15, -0.1) is 0 Å². The number of carbonyl (C=O) groups excluding carboxylic acids is 1. The molecule has 2 N–H and O–H groups in total. The molecule has 1 fully saturated rings. The molecule has 2 aliphatic heterocycles. The van der Waals surface area contributed by atoms with Crippen molar-refractivity contribution in [1.82, 2.24) is 4.90 Å². The van der Waals surface area contributed by atoms with Crippen LogP contribution in [0.15, 0.2) is 16.6 Å². The lowest BCUT2D eigenvalue weighted by Crippen LogP contribution is -2.46. The third-order valence-electron chi connectivity index (χ3n) is 3.77. The molecule has 2 rings (SSSR count). The van der Waals surface area contributed by atoms with Crippen LogP contribution in [0.25, 0.3) is 0 Å². The van der Waals surface area contributed by atoms with E-state index in [1.54, 1.807) is 6.21 Å². The molecule has 1 atom stereocenters. The highest BCUT2D eigenvalue weighted by molar-refractivity contribution is 5.84. The van der Waals surface area contributed by atoms with Crippen LogP contribution in [0.2, 0.25) is 0 Å². The molecule has 4 nitrogen and oxygen atoms in total. The second-order valence-corrected chi connectivity index (χ2v) is 5.19. The van der Waals surface area contributed by atoms with Gasteiger partial charge in [0.15, 0.2) is 11.5 Å². The monoisotopic (exact) mass is 253 g/mol. The second kappa shape index (κ2) is 5.28. The zero-order valence-electron chi connectivity index (χ0n) is 10.7. The number of dihydropyridines is 1. The zero-order chi connectivity index (χ0) is 13.2. The molecule has 0 amide bonds. The van der Waals surface area contributed by atoms with Crippen LogP contribution in [0.3, 0.4) is 0 Å². The molecule has 0 aliphatic carbocycles. The van der Waals surface area contributed by atoms with E-state index in [9.17, 15) is 9.18 Å². The lowest BCUT2D eigenvalue weighted by molar-refractivity contribution is -0.131. The van der Waals surface area contributed by atoms with Crippen molar-refractivity contribution >= 4 is 12.0 Å². The zero-order valence-corrected chi connectivity index (χ0v) is 10.7. The molecule has 0 bridgehead atoms. The molecule has 0 aromatic rings. The standard InChI is InChI=1S/C13H20FN3O/c1-10(18)13(14)3-6-17(7-4-13)9-11-2-5-16-12(15)8-11/h2,5,12H,3-4,6-9,15H2,1H3. The predicted molar refractivity (Wildman–Crippen MR) is 69.4 cm³/mol. The Balaban J connectivity index is 1.86. The first-order valence-electron chi connectivity index (χ1n) is 6.39. The number of piperidine rings is 1. The summed E-state index contributed by atoms with van der Waals surface area (Å²) in [5, 5.41) is 0. The number of hydrogen-bond donors (Lipinski definition) is 1. The summed E-state index contributed by atoms with van der Waals surface area (Å²) in [6.07, 6.45) is 4.94. The number of aliphatic imine (C=N–C) groups is 1. The maximum Gasteiger partial charge on any atom is 0.170 e. The van der Waals surface area contributed by atoms with Crippen LogP contribution >= 0.6 is 0 Å². The molecule has 2 heterocycles. The number of likely N-dealkylation sites (tertiary alicyclic amines) is 1. The summed E-state index contributed by atoms with van der Waals surface area (Å²) in [6, 6.07) is 0. The van der Waals surface area contributed by atoms with Crippen molar-refractivity contribution in [2.24, 2.45) is 10.7 Å². The van der Waals surface area contributed by atoms with E-state index in [-0.39, 0.29) is 11.9 Å². The summed E-state index contributed by atoms with van der Waals surface area (Å²) in [5.74, 6) is -0.340. The SMILES string of the molecule is CC(=O)C1(F)CCN(CC2=CC=NC(N)C2)CC1. The van der Waals surface area contributed by atoms with Gasteiger partial charge in [0.25, 0.3) is 0 Å². The Morgan fingerprint density at radius 1 is 1.61 bits per heavy atom. The fourth-order valence-corrected chi connectivity index (χ4v) is 2.47. The molecule has 100 valence electrons. The Hall–Kier alpha value is -1.07. The third-order valence-corrected chi connectivity index (χ3v) is 3.77. The normalized spacial score (nSPS) is 27.9. The molecule has 5 heteroatoms. The van der Waals surface area contributed by atoms with Gasteiger partial charge < -0.3 is 5.73 Å². The van der Waals surface area contributed by atoms with Gasteiger partial charge in [0.05, 0.1) is 0 Å². The Labute approximate surface area is 107 Å². The number of halogens is 1. The summed E-state index contributed by atoms with van der Waals surface area (Å²) < 4.78 is 14.1. The number of ketones is 1. The van der Waals surface area contributed by atoms with Gasteiger partial charge in [-0.3, -0.25) is 14.7 Å². The average Bonchev–Trinajstić information content (AvgIpc) is 2.32. The summed E-state index contributed by atoms with van der Waals surface area (Å²) in [5.41, 5.74) is 5.38. The maximum atomic E-state index is 14.1. The minimum atomic E-state index is -1.60. The minimum Gasteiger partial charge on any atom is -0.309 e. The van der Waals surface area contributed by atoms with Crippen LogP contribution in [0.4, 0.5) is 4.39 Å². The van der Waals surface area contributed by atoms with E-state index < -0.39 is 5.67 Å². The molecule has 0 saturated carbocycles. The van der Waals surface area contributed by atoms with E-state index in [0.29, 0.717) is 25.9 Å². The summed E-state index contributed by atoms with van der Waals surface area (Å²) in [4.78, 5) is 17.5. The molecular weight excluding hydrogens is 233 g/mol. The number of rotatable bonds is 3. The van der Waals surface area contributed by atoms with E-state index in [2.05, 4.69) is 9.89 Å². The molecular formula is C13H20FN3O. The van der Waals surface area contributed by atoms with Crippen LogP contribution < -0.4 is 5.73 Å². The van der Waals surface area contributed by atoms with Gasteiger partial charge in [0.2, 0.25) is 0 Å². The van der Waals surface area contributed by atoms with Gasteiger partial charge >= 0.3 is 0 Å². The average molecular weight is 253 g/mol. The van der Waals surface area contributed by atoms with Crippen LogP contribution in [0.1, 0.15) is 26.2 Å². The van der Waals surface area contributed by atoms with Crippen molar-refractivity contribution in [2.45, 2.75) is 38.0 Å². The van der Waals surface area contributed by atoms with Crippen molar-refractivity contribution in [1.29, 1.82) is 0 Å². The van der Waals surface area contributed by atoms with Gasteiger partial charge in [-0.1, -0.05) is 5.57 Å². The third kappa shape index (κ3) is 3.03. The highest BCUT2D eigenvalue weighted by Gasteiger charge is 2.38. The smallest absolute Gasteiger partial charge is 0.170 e. The molecule has 0 aromatic carbocycles. The lowest BCUT2D eigenvalue weighted by Gasteiger charge is -2.35. The highest BCUT2D eigenvalue weighted by atomic mass is 19.1. The van der Waals surface area contributed by atoms with Crippen molar-refractivity contribution in [2.75, 3.05) is 19.6 Å². The molecule has 1 saturated heterocycles. The van der Waals surface area contributed by atoms with Crippen molar-refractivity contribution in [3.63, 3.8) is 0 Å². The Bertz CT molecular complexity index is 384. The Morgan fingerprint density at radius 3 is 2.83 bits per heavy atom. The Morgan fingerprint density at radius 2 is 2.28 bits per heavy atom. The largest absolute Gasteiger partial charge is 0.309 e.